The minimum atomic E-state index is 0.519. The van der Waals surface area contributed by atoms with Gasteiger partial charge in [0.15, 0.2) is 0 Å². The third-order valence-electron chi connectivity index (χ3n) is 2.59. The van der Waals surface area contributed by atoms with Crippen LogP contribution in [-0.4, -0.2) is 31.7 Å². The number of hydrogen-bond donors (Lipinski definition) is 2. The van der Waals surface area contributed by atoms with E-state index in [1.54, 1.807) is 0 Å². The molecule has 2 heterocycles. The smallest absolute Gasteiger partial charge is 0.137 e. The largest absolute Gasteiger partial charge is 0.370 e. The van der Waals surface area contributed by atoms with E-state index in [1.807, 2.05) is 6.92 Å². The third kappa shape index (κ3) is 3.16. The summed E-state index contributed by atoms with van der Waals surface area (Å²) in [5, 5.41) is 10.4. The second-order valence-electron chi connectivity index (χ2n) is 3.81. The van der Waals surface area contributed by atoms with Gasteiger partial charge in [0.2, 0.25) is 0 Å². The SMILES string of the molecule is CCc1c(Cl)ncnc1NCCCc1ncn[nH]1. The number of rotatable bonds is 6. The van der Waals surface area contributed by atoms with Crippen molar-refractivity contribution in [1.82, 2.24) is 25.1 Å². The van der Waals surface area contributed by atoms with Gasteiger partial charge in [0.05, 0.1) is 0 Å². The van der Waals surface area contributed by atoms with Crippen LogP contribution in [0.25, 0.3) is 0 Å². The molecule has 0 aliphatic heterocycles. The molecule has 0 bridgehead atoms. The first-order valence-electron chi connectivity index (χ1n) is 5.88. The van der Waals surface area contributed by atoms with Gasteiger partial charge >= 0.3 is 0 Å². The van der Waals surface area contributed by atoms with Crippen molar-refractivity contribution in [3.63, 3.8) is 0 Å². The molecule has 0 amide bonds. The van der Waals surface area contributed by atoms with E-state index in [4.69, 9.17) is 11.6 Å². The Morgan fingerprint density at radius 1 is 1.28 bits per heavy atom. The van der Waals surface area contributed by atoms with E-state index in [-0.39, 0.29) is 0 Å². The Labute approximate surface area is 110 Å². The molecule has 0 unspecified atom stereocenters. The topological polar surface area (TPSA) is 79.4 Å². The summed E-state index contributed by atoms with van der Waals surface area (Å²) in [6, 6.07) is 0. The molecular formula is C11H15ClN6. The molecule has 96 valence electrons. The molecule has 7 heteroatoms. The van der Waals surface area contributed by atoms with Crippen LogP contribution in [0.15, 0.2) is 12.7 Å². The predicted octanol–water partition coefficient (Wildman–Crippen LogP) is 1.86. The summed E-state index contributed by atoms with van der Waals surface area (Å²) in [5.41, 5.74) is 0.957. The van der Waals surface area contributed by atoms with Crippen molar-refractivity contribution in [1.29, 1.82) is 0 Å². The summed E-state index contributed by atoms with van der Waals surface area (Å²) >= 11 is 6.01. The lowest BCUT2D eigenvalue weighted by Crippen LogP contribution is -2.08. The molecule has 0 aliphatic carbocycles. The van der Waals surface area contributed by atoms with Crippen LogP contribution in [0.2, 0.25) is 5.15 Å². The van der Waals surface area contributed by atoms with Gasteiger partial charge in [-0.15, -0.1) is 0 Å². The first-order valence-corrected chi connectivity index (χ1v) is 6.26. The molecule has 6 nitrogen and oxygen atoms in total. The Morgan fingerprint density at radius 3 is 2.89 bits per heavy atom. The van der Waals surface area contributed by atoms with Gasteiger partial charge in [-0.1, -0.05) is 18.5 Å². The summed E-state index contributed by atoms with van der Waals surface area (Å²) in [7, 11) is 0. The van der Waals surface area contributed by atoms with Gasteiger partial charge in [-0.3, -0.25) is 5.10 Å². The van der Waals surface area contributed by atoms with Gasteiger partial charge in [-0.05, 0) is 12.8 Å². The Kier molecular flexibility index (Phi) is 4.46. The number of H-pyrrole nitrogens is 1. The van der Waals surface area contributed by atoms with Crippen LogP contribution in [0.5, 0.6) is 0 Å². The van der Waals surface area contributed by atoms with Crippen molar-refractivity contribution in [2.24, 2.45) is 0 Å². The zero-order valence-electron chi connectivity index (χ0n) is 10.1. The van der Waals surface area contributed by atoms with Gasteiger partial charge in [-0.25, -0.2) is 15.0 Å². The summed E-state index contributed by atoms with van der Waals surface area (Å²) in [6.45, 7) is 2.84. The summed E-state index contributed by atoms with van der Waals surface area (Å²) in [5.74, 6) is 1.71. The van der Waals surface area contributed by atoms with Crippen molar-refractivity contribution in [2.75, 3.05) is 11.9 Å². The minimum absolute atomic E-state index is 0.519. The second-order valence-corrected chi connectivity index (χ2v) is 4.17. The molecule has 0 radical (unpaired) electrons. The number of anilines is 1. The van der Waals surface area contributed by atoms with Gasteiger partial charge in [0.25, 0.3) is 0 Å². The highest BCUT2D eigenvalue weighted by Crippen LogP contribution is 2.19. The fourth-order valence-corrected chi connectivity index (χ4v) is 1.94. The van der Waals surface area contributed by atoms with E-state index in [9.17, 15) is 0 Å². The molecule has 2 aromatic heterocycles. The summed E-state index contributed by atoms with van der Waals surface area (Å²) in [4.78, 5) is 12.2. The predicted molar refractivity (Wildman–Crippen MR) is 69.6 cm³/mol. The average Bonchev–Trinajstić information content (AvgIpc) is 2.88. The van der Waals surface area contributed by atoms with E-state index >= 15 is 0 Å². The van der Waals surface area contributed by atoms with E-state index in [0.717, 1.165) is 43.0 Å². The number of halogens is 1. The molecule has 2 rings (SSSR count). The van der Waals surface area contributed by atoms with Crippen LogP contribution >= 0.6 is 11.6 Å². The zero-order chi connectivity index (χ0) is 12.8. The van der Waals surface area contributed by atoms with Gasteiger partial charge < -0.3 is 5.32 Å². The van der Waals surface area contributed by atoms with Crippen LogP contribution in [0.4, 0.5) is 5.82 Å². The van der Waals surface area contributed by atoms with E-state index < -0.39 is 0 Å². The van der Waals surface area contributed by atoms with E-state index in [2.05, 4.69) is 30.5 Å². The number of nitrogens with zero attached hydrogens (tertiary/aromatic N) is 4. The molecule has 0 aliphatic rings. The summed E-state index contributed by atoms with van der Waals surface area (Å²) < 4.78 is 0. The Balaban J connectivity index is 1.85. The van der Waals surface area contributed by atoms with Crippen LogP contribution in [-0.2, 0) is 12.8 Å². The number of hydrogen-bond acceptors (Lipinski definition) is 5. The van der Waals surface area contributed by atoms with Crippen molar-refractivity contribution in [2.45, 2.75) is 26.2 Å². The molecule has 2 N–H and O–H groups in total. The van der Waals surface area contributed by atoms with Crippen LogP contribution in [0, 0.1) is 0 Å². The fraction of sp³-hybridized carbons (Fsp3) is 0.455. The van der Waals surface area contributed by atoms with Crippen LogP contribution in [0.3, 0.4) is 0 Å². The third-order valence-corrected chi connectivity index (χ3v) is 2.92. The Hall–Kier alpha value is -1.69. The Bertz CT molecular complexity index is 484. The average molecular weight is 267 g/mol. The van der Waals surface area contributed by atoms with Crippen LogP contribution in [0.1, 0.15) is 24.7 Å². The van der Waals surface area contributed by atoms with Gasteiger partial charge in [0, 0.05) is 18.5 Å². The highest BCUT2D eigenvalue weighted by atomic mass is 35.5. The van der Waals surface area contributed by atoms with E-state index in [1.165, 1.54) is 12.7 Å². The normalized spacial score (nSPS) is 10.6. The lowest BCUT2D eigenvalue weighted by molar-refractivity contribution is 0.801. The molecule has 0 fully saturated rings. The monoisotopic (exact) mass is 266 g/mol. The molecule has 18 heavy (non-hydrogen) atoms. The molecule has 0 aromatic carbocycles. The quantitative estimate of drug-likeness (QED) is 0.616. The number of nitrogens with one attached hydrogen (secondary N) is 2. The molecule has 0 spiro atoms. The maximum absolute atomic E-state index is 6.01. The maximum Gasteiger partial charge on any atom is 0.137 e. The number of aryl methyl sites for hydroxylation is 1. The highest BCUT2D eigenvalue weighted by molar-refractivity contribution is 6.30. The minimum Gasteiger partial charge on any atom is -0.370 e. The molecular weight excluding hydrogens is 252 g/mol. The first-order chi connectivity index (χ1) is 8.81. The number of aromatic nitrogens is 5. The molecule has 0 saturated carbocycles. The van der Waals surface area contributed by atoms with Gasteiger partial charge in [-0.2, -0.15) is 5.10 Å². The lowest BCUT2D eigenvalue weighted by atomic mass is 10.2. The van der Waals surface area contributed by atoms with Crippen LogP contribution < -0.4 is 5.32 Å². The lowest BCUT2D eigenvalue weighted by Gasteiger charge is -2.09. The van der Waals surface area contributed by atoms with Gasteiger partial charge in [0.1, 0.15) is 29.5 Å². The van der Waals surface area contributed by atoms with Crippen molar-refractivity contribution >= 4 is 17.4 Å². The van der Waals surface area contributed by atoms with E-state index in [0.29, 0.717) is 5.15 Å². The summed E-state index contributed by atoms with van der Waals surface area (Å²) in [6.07, 6.45) is 5.60. The highest BCUT2D eigenvalue weighted by Gasteiger charge is 2.07. The maximum atomic E-state index is 6.01. The Morgan fingerprint density at radius 2 is 2.17 bits per heavy atom. The van der Waals surface area contributed by atoms with Crippen molar-refractivity contribution in [3.05, 3.63) is 29.2 Å². The fourth-order valence-electron chi connectivity index (χ4n) is 1.67. The number of aromatic amines is 1. The molecule has 2 aromatic rings. The first kappa shape index (κ1) is 12.8. The second kappa shape index (κ2) is 6.30. The standard InChI is InChI=1S/C11H15ClN6/c1-2-8-10(12)15-6-16-11(8)13-5-3-4-9-14-7-17-18-9/h6-7H,2-5H2,1H3,(H,13,15,16)(H,14,17,18). The van der Waals surface area contributed by atoms with Crippen molar-refractivity contribution < 1.29 is 0 Å². The molecule has 0 atom stereocenters. The van der Waals surface area contributed by atoms with Crippen molar-refractivity contribution in [3.8, 4) is 0 Å². The zero-order valence-corrected chi connectivity index (χ0v) is 10.9. The molecule has 0 saturated heterocycles.